The van der Waals surface area contributed by atoms with Crippen LogP contribution in [0.5, 0.6) is 5.75 Å². The maximum atomic E-state index is 11.7. The van der Waals surface area contributed by atoms with Crippen molar-refractivity contribution in [1.29, 1.82) is 0 Å². The predicted octanol–water partition coefficient (Wildman–Crippen LogP) is 1.81. The standard InChI is InChI=1S/C12H11NO3S/c1-13-11(14)10(16-12(13)17)7-8-3-5-9(15-2)6-4-8/h3-7H,1-2H3/b10-7+. The molecule has 1 aromatic rings. The van der Waals surface area contributed by atoms with Crippen molar-refractivity contribution in [2.45, 2.75) is 0 Å². The fourth-order valence-electron chi connectivity index (χ4n) is 1.40. The van der Waals surface area contributed by atoms with Gasteiger partial charge in [0.2, 0.25) is 0 Å². The Hall–Kier alpha value is -1.88. The Kier molecular flexibility index (Phi) is 3.10. The first-order valence-corrected chi connectivity index (χ1v) is 5.38. The van der Waals surface area contributed by atoms with Crippen molar-refractivity contribution in [1.82, 2.24) is 4.90 Å². The molecular formula is C12H11NO3S. The second kappa shape index (κ2) is 4.55. The molecule has 5 heteroatoms. The zero-order valence-corrected chi connectivity index (χ0v) is 10.3. The van der Waals surface area contributed by atoms with Crippen LogP contribution in [0, 0.1) is 0 Å². The Morgan fingerprint density at radius 3 is 2.47 bits per heavy atom. The molecule has 1 saturated heterocycles. The van der Waals surface area contributed by atoms with E-state index in [1.54, 1.807) is 20.2 Å². The van der Waals surface area contributed by atoms with Crippen LogP contribution < -0.4 is 4.74 Å². The summed E-state index contributed by atoms with van der Waals surface area (Å²) in [7, 11) is 3.18. The summed E-state index contributed by atoms with van der Waals surface area (Å²) in [4.78, 5) is 13.0. The third kappa shape index (κ3) is 2.29. The van der Waals surface area contributed by atoms with E-state index in [9.17, 15) is 4.79 Å². The SMILES string of the molecule is COc1ccc(/C=C2/OC(=S)N(C)C2=O)cc1. The number of amides is 1. The maximum absolute atomic E-state index is 11.7. The molecule has 0 aliphatic carbocycles. The molecule has 0 bridgehead atoms. The number of ether oxygens (including phenoxy) is 2. The van der Waals surface area contributed by atoms with Crippen LogP contribution in [-0.2, 0) is 9.53 Å². The van der Waals surface area contributed by atoms with Crippen molar-refractivity contribution in [3.8, 4) is 5.75 Å². The van der Waals surface area contributed by atoms with Gasteiger partial charge in [-0.05, 0) is 36.0 Å². The Labute approximate surface area is 104 Å². The summed E-state index contributed by atoms with van der Waals surface area (Å²) in [5, 5.41) is 0.176. The number of methoxy groups -OCH3 is 1. The monoisotopic (exact) mass is 249 g/mol. The molecule has 2 rings (SSSR count). The second-order valence-corrected chi connectivity index (χ2v) is 3.86. The van der Waals surface area contributed by atoms with E-state index < -0.39 is 0 Å². The fraction of sp³-hybridized carbons (Fsp3) is 0.167. The Morgan fingerprint density at radius 1 is 1.35 bits per heavy atom. The molecule has 1 aliphatic heterocycles. The van der Waals surface area contributed by atoms with E-state index in [1.165, 1.54) is 4.90 Å². The highest BCUT2D eigenvalue weighted by Crippen LogP contribution is 2.19. The topological polar surface area (TPSA) is 38.8 Å². The maximum Gasteiger partial charge on any atom is 0.296 e. The lowest BCUT2D eigenvalue weighted by Gasteiger charge is -2.00. The first kappa shape index (κ1) is 11.6. The minimum absolute atomic E-state index is 0.176. The largest absolute Gasteiger partial charge is 0.497 e. The van der Waals surface area contributed by atoms with Gasteiger partial charge in [-0.15, -0.1) is 0 Å². The molecule has 1 aliphatic rings. The van der Waals surface area contributed by atoms with E-state index in [2.05, 4.69) is 0 Å². The van der Waals surface area contributed by atoms with Crippen molar-refractivity contribution in [3.05, 3.63) is 35.6 Å². The number of benzene rings is 1. The van der Waals surface area contributed by atoms with E-state index in [4.69, 9.17) is 21.7 Å². The lowest BCUT2D eigenvalue weighted by molar-refractivity contribution is -0.122. The molecule has 0 aromatic heterocycles. The van der Waals surface area contributed by atoms with E-state index in [0.717, 1.165) is 11.3 Å². The van der Waals surface area contributed by atoms with E-state index in [0.29, 0.717) is 0 Å². The van der Waals surface area contributed by atoms with Gasteiger partial charge in [-0.25, -0.2) is 0 Å². The molecule has 0 unspecified atom stereocenters. The molecule has 1 amide bonds. The molecule has 88 valence electrons. The lowest BCUT2D eigenvalue weighted by Crippen LogP contribution is -2.22. The van der Waals surface area contributed by atoms with Gasteiger partial charge < -0.3 is 9.47 Å². The van der Waals surface area contributed by atoms with Crippen LogP contribution in [0.1, 0.15) is 5.56 Å². The highest BCUT2D eigenvalue weighted by molar-refractivity contribution is 7.80. The molecule has 1 heterocycles. The zero-order valence-electron chi connectivity index (χ0n) is 9.47. The molecule has 1 aromatic carbocycles. The van der Waals surface area contributed by atoms with Crippen LogP contribution in [0.15, 0.2) is 30.0 Å². The molecule has 0 radical (unpaired) electrons. The minimum atomic E-state index is -0.231. The summed E-state index contributed by atoms with van der Waals surface area (Å²) in [6, 6.07) is 7.30. The molecule has 0 saturated carbocycles. The third-order valence-corrected chi connectivity index (χ3v) is 2.76. The van der Waals surface area contributed by atoms with Crippen molar-refractivity contribution in [3.63, 3.8) is 0 Å². The first-order chi connectivity index (χ1) is 8.11. The first-order valence-electron chi connectivity index (χ1n) is 4.97. The highest BCUT2D eigenvalue weighted by atomic mass is 32.1. The number of carbonyl (C=O) groups is 1. The lowest BCUT2D eigenvalue weighted by atomic mass is 10.2. The normalized spacial score (nSPS) is 17.5. The number of rotatable bonds is 2. The van der Waals surface area contributed by atoms with Gasteiger partial charge in [-0.1, -0.05) is 12.1 Å². The van der Waals surface area contributed by atoms with Gasteiger partial charge in [0.1, 0.15) is 5.75 Å². The van der Waals surface area contributed by atoms with Gasteiger partial charge in [0.05, 0.1) is 7.11 Å². The number of hydrogen-bond acceptors (Lipinski definition) is 4. The van der Waals surface area contributed by atoms with Gasteiger partial charge in [-0.2, -0.15) is 0 Å². The minimum Gasteiger partial charge on any atom is -0.497 e. The molecule has 0 N–H and O–H groups in total. The average Bonchev–Trinajstić information content (AvgIpc) is 2.58. The number of likely N-dealkylation sites (N-methyl/N-ethyl adjacent to an activating group) is 1. The van der Waals surface area contributed by atoms with Gasteiger partial charge >= 0.3 is 0 Å². The summed E-state index contributed by atoms with van der Waals surface area (Å²) in [5.41, 5.74) is 0.854. The quantitative estimate of drug-likeness (QED) is 0.592. The molecule has 0 spiro atoms. The zero-order chi connectivity index (χ0) is 12.4. The van der Waals surface area contributed by atoms with E-state index in [-0.39, 0.29) is 16.8 Å². The van der Waals surface area contributed by atoms with Gasteiger partial charge in [0, 0.05) is 7.05 Å². The van der Waals surface area contributed by atoms with Crippen molar-refractivity contribution in [2.24, 2.45) is 0 Å². The van der Waals surface area contributed by atoms with Crippen molar-refractivity contribution < 1.29 is 14.3 Å². The number of hydrogen-bond donors (Lipinski definition) is 0. The number of thiocarbonyl (C=S) groups is 1. The summed E-state index contributed by atoms with van der Waals surface area (Å²) >= 11 is 4.87. The third-order valence-electron chi connectivity index (χ3n) is 2.40. The molecule has 4 nitrogen and oxygen atoms in total. The van der Waals surface area contributed by atoms with Gasteiger partial charge in [0.25, 0.3) is 11.1 Å². The van der Waals surface area contributed by atoms with Crippen LogP contribution in [0.2, 0.25) is 0 Å². The summed E-state index contributed by atoms with van der Waals surface area (Å²) in [6.07, 6.45) is 1.65. The van der Waals surface area contributed by atoms with Crippen LogP contribution in [0.4, 0.5) is 0 Å². The Morgan fingerprint density at radius 2 is 2.00 bits per heavy atom. The van der Waals surface area contributed by atoms with Crippen LogP contribution in [-0.4, -0.2) is 30.1 Å². The predicted molar refractivity (Wildman–Crippen MR) is 67.4 cm³/mol. The Bertz CT molecular complexity index is 493. The van der Waals surface area contributed by atoms with Crippen LogP contribution in [0.3, 0.4) is 0 Å². The van der Waals surface area contributed by atoms with E-state index in [1.807, 2.05) is 24.3 Å². The highest BCUT2D eigenvalue weighted by Gasteiger charge is 2.29. The second-order valence-electron chi connectivity index (χ2n) is 3.51. The fourth-order valence-corrected chi connectivity index (χ4v) is 1.57. The van der Waals surface area contributed by atoms with Crippen molar-refractivity contribution in [2.75, 3.05) is 14.2 Å². The molecular weight excluding hydrogens is 238 g/mol. The van der Waals surface area contributed by atoms with Crippen LogP contribution >= 0.6 is 12.2 Å². The number of nitrogens with zero attached hydrogens (tertiary/aromatic N) is 1. The summed E-state index contributed by atoms with van der Waals surface area (Å²) in [5.74, 6) is 0.770. The van der Waals surface area contributed by atoms with E-state index >= 15 is 0 Å². The smallest absolute Gasteiger partial charge is 0.296 e. The summed E-state index contributed by atoms with van der Waals surface area (Å²) < 4.78 is 10.2. The molecule has 17 heavy (non-hydrogen) atoms. The van der Waals surface area contributed by atoms with Gasteiger partial charge in [-0.3, -0.25) is 9.69 Å². The van der Waals surface area contributed by atoms with Gasteiger partial charge in [0.15, 0.2) is 5.76 Å². The van der Waals surface area contributed by atoms with Crippen molar-refractivity contribution >= 4 is 29.4 Å². The number of carbonyl (C=O) groups excluding carboxylic acids is 1. The van der Waals surface area contributed by atoms with Crippen LogP contribution in [0.25, 0.3) is 6.08 Å². The Balaban J connectivity index is 2.24. The average molecular weight is 249 g/mol. The molecule has 1 fully saturated rings. The molecule has 0 atom stereocenters. The summed E-state index contributed by atoms with van der Waals surface area (Å²) in [6.45, 7) is 0.